The normalized spacial score (nSPS) is 14.0. The van der Waals surface area contributed by atoms with E-state index < -0.39 is 0 Å². The summed E-state index contributed by atoms with van der Waals surface area (Å²) in [5.41, 5.74) is 1.15. The summed E-state index contributed by atoms with van der Waals surface area (Å²) in [6.07, 6.45) is 4.15. The van der Waals surface area contributed by atoms with Crippen LogP contribution < -0.4 is 10.9 Å². The fourth-order valence-electron chi connectivity index (χ4n) is 3.80. The first-order chi connectivity index (χ1) is 15.5. The Balaban J connectivity index is 1.46. The summed E-state index contributed by atoms with van der Waals surface area (Å²) in [6, 6.07) is 7.43. The van der Waals surface area contributed by atoms with E-state index in [1.807, 2.05) is 18.2 Å². The molecule has 1 aliphatic carbocycles. The molecule has 2 aromatic heterocycles. The molecular formula is C22H24N4O4S2. The molecule has 0 bridgehead atoms. The van der Waals surface area contributed by atoms with Gasteiger partial charge in [-0.2, -0.15) is 0 Å². The minimum absolute atomic E-state index is 0.0473. The van der Waals surface area contributed by atoms with Crippen LogP contribution in [0, 0.1) is 0 Å². The third kappa shape index (κ3) is 5.18. The molecule has 2 heterocycles. The van der Waals surface area contributed by atoms with E-state index in [1.165, 1.54) is 23.1 Å². The molecule has 0 atom stereocenters. The smallest absolute Gasteiger partial charge is 0.311 e. The van der Waals surface area contributed by atoms with Crippen LogP contribution in [0.3, 0.4) is 0 Å². The summed E-state index contributed by atoms with van der Waals surface area (Å²) in [7, 11) is 0. The van der Waals surface area contributed by atoms with Crippen molar-refractivity contribution in [2.24, 2.45) is 0 Å². The summed E-state index contributed by atoms with van der Waals surface area (Å²) in [4.78, 5) is 46.2. The Morgan fingerprint density at radius 3 is 2.81 bits per heavy atom. The summed E-state index contributed by atoms with van der Waals surface area (Å²) in [5, 5.41) is 6.08. The lowest BCUT2D eigenvalue weighted by Gasteiger charge is -2.18. The van der Waals surface area contributed by atoms with Crippen molar-refractivity contribution >= 4 is 51.0 Å². The van der Waals surface area contributed by atoms with Gasteiger partial charge >= 0.3 is 5.97 Å². The Hall–Kier alpha value is -2.72. The molecule has 0 radical (unpaired) electrons. The van der Waals surface area contributed by atoms with E-state index in [1.54, 1.807) is 22.9 Å². The maximum Gasteiger partial charge on any atom is 0.311 e. The van der Waals surface area contributed by atoms with E-state index in [0.29, 0.717) is 33.5 Å². The number of nitrogens with zero attached hydrogens (tertiary/aromatic N) is 3. The predicted octanol–water partition coefficient (Wildman–Crippen LogP) is 3.80. The van der Waals surface area contributed by atoms with Crippen molar-refractivity contribution < 1.29 is 14.3 Å². The number of aromatic nitrogens is 3. The minimum atomic E-state index is -0.349. The number of amides is 1. The van der Waals surface area contributed by atoms with Gasteiger partial charge in [0.15, 0.2) is 10.3 Å². The average molecular weight is 473 g/mol. The third-order valence-corrected chi connectivity index (χ3v) is 6.99. The van der Waals surface area contributed by atoms with Crippen LogP contribution in [0.25, 0.3) is 10.9 Å². The second-order valence-electron chi connectivity index (χ2n) is 7.49. The number of carbonyl (C=O) groups is 2. The van der Waals surface area contributed by atoms with Gasteiger partial charge in [-0.1, -0.05) is 36.7 Å². The topological polar surface area (TPSA) is 103 Å². The van der Waals surface area contributed by atoms with Gasteiger partial charge < -0.3 is 10.1 Å². The number of para-hydroxylation sites is 1. The van der Waals surface area contributed by atoms with Crippen molar-refractivity contribution in [2.75, 3.05) is 17.7 Å². The van der Waals surface area contributed by atoms with Gasteiger partial charge in [-0.25, -0.2) is 9.97 Å². The number of esters is 1. The molecule has 32 heavy (non-hydrogen) atoms. The second kappa shape index (κ2) is 10.3. The first-order valence-corrected chi connectivity index (χ1v) is 12.5. The van der Waals surface area contributed by atoms with E-state index in [2.05, 4.69) is 10.3 Å². The number of nitrogens with one attached hydrogen (secondary N) is 1. The predicted molar refractivity (Wildman–Crippen MR) is 125 cm³/mol. The monoisotopic (exact) mass is 472 g/mol. The largest absolute Gasteiger partial charge is 0.466 e. The zero-order valence-corrected chi connectivity index (χ0v) is 19.3. The highest BCUT2D eigenvalue weighted by Gasteiger charge is 2.23. The lowest BCUT2D eigenvalue weighted by molar-refractivity contribution is -0.142. The van der Waals surface area contributed by atoms with Crippen molar-refractivity contribution in [3.63, 3.8) is 0 Å². The first kappa shape index (κ1) is 22.5. The molecule has 0 spiro atoms. The number of ether oxygens (including phenoxy) is 1. The zero-order chi connectivity index (χ0) is 22.5. The number of thiazole rings is 1. The molecule has 4 rings (SSSR count). The fraction of sp³-hybridized carbons (Fsp3) is 0.409. The number of rotatable bonds is 8. The molecule has 10 heteroatoms. The molecular weight excluding hydrogens is 448 g/mol. The molecule has 0 aliphatic heterocycles. The summed E-state index contributed by atoms with van der Waals surface area (Å²) in [6.45, 7) is 2.07. The van der Waals surface area contributed by atoms with Gasteiger partial charge in [0.1, 0.15) is 0 Å². The van der Waals surface area contributed by atoms with Crippen LogP contribution in [0.5, 0.6) is 0 Å². The average Bonchev–Trinajstić information content (AvgIpc) is 3.45. The van der Waals surface area contributed by atoms with E-state index in [4.69, 9.17) is 9.72 Å². The number of carbonyl (C=O) groups excluding carboxylic acids is 2. The lowest BCUT2D eigenvalue weighted by atomic mass is 10.2. The molecule has 8 nitrogen and oxygen atoms in total. The van der Waals surface area contributed by atoms with E-state index in [0.717, 1.165) is 25.7 Å². The number of fused-ring (bicyclic) bond motifs is 1. The molecule has 1 aromatic carbocycles. The Labute approximate surface area is 193 Å². The quantitative estimate of drug-likeness (QED) is 0.302. The first-order valence-electron chi connectivity index (χ1n) is 10.6. The van der Waals surface area contributed by atoms with Gasteiger partial charge in [0, 0.05) is 11.4 Å². The summed E-state index contributed by atoms with van der Waals surface area (Å²) < 4.78 is 6.69. The van der Waals surface area contributed by atoms with Crippen LogP contribution in [0.15, 0.2) is 39.6 Å². The van der Waals surface area contributed by atoms with Crippen molar-refractivity contribution in [1.29, 1.82) is 0 Å². The van der Waals surface area contributed by atoms with Gasteiger partial charge in [-0.05, 0) is 31.9 Å². The van der Waals surface area contributed by atoms with Gasteiger partial charge in [-0.15, -0.1) is 11.3 Å². The van der Waals surface area contributed by atoms with Crippen LogP contribution in [-0.4, -0.2) is 38.8 Å². The Morgan fingerprint density at radius 1 is 1.25 bits per heavy atom. The molecule has 1 N–H and O–H groups in total. The molecule has 168 valence electrons. The number of hydrogen-bond acceptors (Lipinski definition) is 8. The maximum atomic E-state index is 13.2. The van der Waals surface area contributed by atoms with E-state index in [9.17, 15) is 14.4 Å². The number of thioether (sulfide) groups is 1. The minimum Gasteiger partial charge on any atom is -0.466 e. The van der Waals surface area contributed by atoms with Crippen LogP contribution in [0.4, 0.5) is 5.13 Å². The Bertz CT molecular complexity index is 1180. The molecule has 1 amide bonds. The molecule has 1 fully saturated rings. The van der Waals surface area contributed by atoms with Crippen molar-refractivity contribution in [1.82, 2.24) is 14.5 Å². The summed E-state index contributed by atoms with van der Waals surface area (Å²) in [5.74, 6) is -0.490. The van der Waals surface area contributed by atoms with Crippen LogP contribution in [-0.2, 0) is 20.7 Å². The Kier molecular flexibility index (Phi) is 7.21. The van der Waals surface area contributed by atoms with Crippen LogP contribution in [0.2, 0.25) is 0 Å². The van der Waals surface area contributed by atoms with E-state index in [-0.39, 0.29) is 35.7 Å². The van der Waals surface area contributed by atoms with Gasteiger partial charge in [0.05, 0.1) is 35.4 Å². The van der Waals surface area contributed by atoms with E-state index >= 15 is 0 Å². The molecule has 1 saturated carbocycles. The van der Waals surface area contributed by atoms with Crippen LogP contribution in [0.1, 0.15) is 44.3 Å². The number of benzene rings is 1. The molecule has 0 saturated heterocycles. The molecule has 0 unspecified atom stereocenters. The van der Waals surface area contributed by atoms with Crippen molar-refractivity contribution in [2.45, 2.75) is 50.2 Å². The highest BCUT2D eigenvalue weighted by molar-refractivity contribution is 7.99. The standard InChI is InChI=1S/C22H24N4O4S2/c1-2-30-19(28)11-14-12-31-21(23-14)25-18(27)13-32-22-24-17-10-6-5-9-16(17)20(29)26(22)15-7-3-4-8-15/h5-6,9-10,12,15H,2-4,7-8,11,13H2,1H3,(H,23,25,27). The third-order valence-electron chi connectivity index (χ3n) is 5.23. The van der Waals surface area contributed by atoms with Gasteiger partial charge in [-0.3, -0.25) is 19.0 Å². The highest BCUT2D eigenvalue weighted by atomic mass is 32.2. The SMILES string of the molecule is CCOC(=O)Cc1csc(NC(=O)CSc2nc3ccccc3c(=O)n2C2CCCC2)n1. The number of hydrogen-bond donors (Lipinski definition) is 1. The second-order valence-corrected chi connectivity index (χ2v) is 9.29. The number of anilines is 1. The Morgan fingerprint density at radius 2 is 2.03 bits per heavy atom. The van der Waals surface area contributed by atoms with Gasteiger partial charge in [0.25, 0.3) is 5.56 Å². The van der Waals surface area contributed by atoms with Crippen molar-refractivity contribution in [3.05, 3.63) is 45.7 Å². The lowest BCUT2D eigenvalue weighted by Crippen LogP contribution is -2.27. The zero-order valence-electron chi connectivity index (χ0n) is 17.7. The molecule has 3 aromatic rings. The van der Waals surface area contributed by atoms with Crippen LogP contribution >= 0.6 is 23.1 Å². The van der Waals surface area contributed by atoms with Gasteiger partial charge in [0.2, 0.25) is 5.91 Å². The molecule has 1 aliphatic rings. The van der Waals surface area contributed by atoms with Crippen molar-refractivity contribution in [3.8, 4) is 0 Å². The highest BCUT2D eigenvalue weighted by Crippen LogP contribution is 2.32. The fourth-order valence-corrected chi connectivity index (χ4v) is 5.40. The summed E-state index contributed by atoms with van der Waals surface area (Å²) >= 11 is 2.51. The maximum absolute atomic E-state index is 13.2.